The molecule has 2 atom stereocenters. The van der Waals surface area contributed by atoms with Crippen LogP contribution in [0.1, 0.15) is 43.4 Å². The maximum absolute atomic E-state index is 12.1. The van der Waals surface area contributed by atoms with E-state index < -0.39 is 37.4 Å². The van der Waals surface area contributed by atoms with Gasteiger partial charge in [-0.15, -0.1) is 36.5 Å². The van der Waals surface area contributed by atoms with Gasteiger partial charge in [0.05, 0.1) is 18.8 Å². The predicted molar refractivity (Wildman–Crippen MR) is 92.7 cm³/mol. The Labute approximate surface area is 178 Å². The highest BCUT2D eigenvalue weighted by atomic mass is 19.4. The molecule has 2 aliphatic carbocycles. The molecule has 1 aromatic heterocycles. The Morgan fingerprint density at radius 1 is 1.09 bits per heavy atom. The monoisotopic (exact) mass is 473 g/mol. The van der Waals surface area contributed by atoms with Crippen LogP contribution in [0.25, 0.3) is 0 Å². The highest BCUT2D eigenvalue weighted by Gasteiger charge is 2.45. The van der Waals surface area contributed by atoms with Crippen LogP contribution in [0.5, 0.6) is 0 Å². The summed E-state index contributed by atoms with van der Waals surface area (Å²) in [5.41, 5.74) is 0.341. The van der Waals surface area contributed by atoms with Crippen molar-refractivity contribution in [3.8, 4) is 0 Å². The van der Waals surface area contributed by atoms with Crippen LogP contribution in [0.3, 0.4) is 0 Å². The smallest absolute Gasteiger partial charge is 0.425 e. The van der Waals surface area contributed by atoms with Gasteiger partial charge in [-0.25, -0.2) is 0 Å². The first-order valence-corrected chi connectivity index (χ1v) is 9.74. The summed E-state index contributed by atoms with van der Waals surface area (Å²) in [6, 6.07) is 0. The number of rotatable bonds is 11. The molecule has 0 saturated heterocycles. The zero-order valence-corrected chi connectivity index (χ0v) is 16.7. The van der Waals surface area contributed by atoms with Gasteiger partial charge in [-0.2, -0.15) is 0 Å². The molecule has 3 rings (SSSR count). The number of halogens is 6. The van der Waals surface area contributed by atoms with Gasteiger partial charge in [-0.3, -0.25) is 14.3 Å². The fourth-order valence-electron chi connectivity index (χ4n) is 3.14. The minimum absolute atomic E-state index is 0.0530. The van der Waals surface area contributed by atoms with E-state index in [2.05, 4.69) is 31.6 Å². The van der Waals surface area contributed by atoms with Gasteiger partial charge in [0.2, 0.25) is 17.7 Å². The Kier molecular flexibility index (Phi) is 7.45. The van der Waals surface area contributed by atoms with Gasteiger partial charge >= 0.3 is 12.7 Å². The lowest BCUT2D eigenvalue weighted by molar-refractivity contribution is -0.357. The van der Waals surface area contributed by atoms with E-state index in [1.165, 1.54) is 0 Å². The second kappa shape index (κ2) is 9.75. The largest absolute Gasteiger partial charge is 0.522 e. The number of carbonyl (C=O) groups excluding carboxylic acids is 1. The van der Waals surface area contributed by atoms with Gasteiger partial charge in [0, 0.05) is 30.9 Å². The number of hydrogen-bond donors (Lipinski definition) is 1. The number of carbonyl (C=O) groups is 1. The van der Waals surface area contributed by atoms with Gasteiger partial charge < -0.3 is 14.5 Å². The van der Waals surface area contributed by atoms with Gasteiger partial charge in [-0.1, -0.05) is 6.58 Å². The number of aromatic nitrogens is 2. The van der Waals surface area contributed by atoms with Crippen molar-refractivity contribution in [2.75, 3.05) is 13.2 Å². The van der Waals surface area contributed by atoms with Gasteiger partial charge in [0.25, 0.3) is 0 Å². The molecule has 2 fully saturated rings. The molecule has 1 heterocycles. The molecule has 14 heteroatoms. The molecule has 0 aliphatic heterocycles. The lowest BCUT2D eigenvalue weighted by Crippen LogP contribution is -2.42. The average molecular weight is 473 g/mol. The van der Waals surface area contributed by atoms with Crippen molar-refractivity contribution in [1.82, 2.24) is 15.5 Å². The van der Waals surface area contributed by atoms with E-state index in [-0.39, 0.29) is 55.9 Å². The summed E-state index contributed by atoms with van der Waals surface area (Å²) in [6.07, 6.45) is -9.71. The second-order valence-electron chi connectivity index (χ2n) is 7.63. The Bertz CT molecular complexity index is 806. The SMILES string of the molecule is C=C(CCc1nnc([C@@H]2C[C@H]2COC(F)(F)F)o1)NC(=O)COC1CC(OC(F)(F)F)C1. The van der Waals surface area contributed by atoms with Gasteiger partial charge in [0.1, 0.15) is 6.61 Å². The van der Waals surface area contributed by atoms with Crippen LogP contribution in [-0.4, -0.2) is 54.3 Å². The molecule has 0 bridgehead atoms. The van der Waals surface area contributed by atoms with Crippen LogP contribution in [0.2, 0.25) is 0 Å². The number of hydrogen-bond acceptors (Lipinski definition) is 7. The van der Waals surface area contributed by atoms with Crippen molar-refractivity contribution in [1.29, 1.82) is 0 Å². The van der Waals surface area contributed by atoms with E-state index in [4.69, 9.17) is 9.15 Å². The van der Waals surface area contributed by atoms with Crippen molar-refractivity contribution in [3.63, 3.8) is 0 Å². The second-order valence-corrected chi connectivity index (χ2v) is 7.63. The molecular weight excluding hydrogens is 452 g/mol. The average Bonchev–Trinajstić information content (AvgIpc) is 3.26. The van der Waals surface area contributed by atoms with E-state index in [0.29, 0.717) is 12.1 Å². The summed E-state index contributed by atoms with van der Waals surface area (Å²) in [7, 11) is 0. The van der Waals surface area contributed by atoms with Crippen LogP contribution in [0.15, 0.2) is 16.7 Å². The van der Waals surface area contributed by atoms with Crippen molar-refractivity contribution >= 4 is 5.91 Å². The van der Waals surface area contributed by atoms with Gasteiger partial charge in [-0.05, 0) is 18.8 Å². The molecule has 0 unspecified atom stereocenters. The van der Waals surface area contributed by atoms with Crippen molar-refractivity contribution in [3.05, 3.63) is 24.1 Å². The molecule has 32 heavy (non-hydrogen) atoms. The number of alkyl halides is 6. The number of nitrogens with one attached hydrogen (secondary N) is 1. The van der Waals surface area contributed by atoms with Crippen LogP contribution in [0, 0.1) is 5.92 Å². The number of aryl methyl sites for hydroxylation is 1. The summed E-state index contributed by atoms with van der Waals surface area (Å²) in [5.74, 6) is -0.616. The number of nitrogens with zero attached hydrogens (tertiary/aromatic N) is 2. The Morgan fingerprint density at radius 3 is 2.47 bits per heavy atom. The molecule has 1 amide bonds. The summed E-state index contributed by atoms with van der Waals surface area (Å²) in [5, 5.41) is 10.2. The van der Waals surface area contributed by atoms with E-state index in [0.717, 1.165) is 0 Å². The first-order valence-electron chi connectivity index (χ1n) is 9.74. The van der Waals surface area contributed by atoms with E-state index >= 15 is 0 Å². The Balaban J connectivity index is 1.28. The van der Waals surface area contributed by atoms with Crippen LogP contribution in [0.4, 0.5) is 26.3 Å². The van der Waals surface area contributed by atoms with Crippen LogP contribution < -0.4 is 5.32 Å². The van der Waals surface area contributed by atoms with Crippen molar-refractivity contribution in [2.45, 2.75) is 63.0 Å². The highest BCUT2D eigenvalue weighted by Crippen LogP contribution is 2.47. The van der Waals surface area contributed by atoms with E-state index in [1.807, 2.05) is 0 Å². The van der Waals surface area contributed by atoms with E-state index in [9.17, 15) is 31.1 Å². The number of amides is 1. The van der Waals surface area contributed by atoms with Crippen molar-refractivity contribution in [2.24, 2.45) is 5.92 Å². The van der Waals surface area contributed by atoms with E-state index in [1.54, 1.807) is 0 Å². The predicted octanol–water partition coefficient (Wildman–Crippen LogP) is 3.36. The fraction of sp³-hybridized carbons (Fsp3) is 0.722. The zero-order chi connectivity index (χ0) is 23.5. The van der Waals surface area contributed by atoms with Crippen LogP contribution >= 0.6 is 0 Å². The molecule has 0 radical (unpaired) electrons. The number of allylic oxidation sites excluding steroid dienone is 1. The topological polar surface area (TPSA) is 95.7 Å². The number of ether oxygens (including phenoxy) is 3. The summed E-state index contributed by atoms with van der Waals surface area (Å²) in [6.45, 7) is 2.89. The van der Waals surface area contributed by atoms with Gasteiger partial charge in [0.15, 0.2) is 0 Å². The molecule has 2 saturated carbocycles. The lowest BCUT2D eigenvalue weighted by atomic mass is 9.92. The quantitative estimate of drug-likeness (QED) is 0.493. The normalized spacial score (nSPS) is 25.3. The summed E-state index contributed by atoms with van der Waals surface area (Å²) < 4.78 is 90.6. The first kappa shape index (κ1) is 24.5. The summed E-state index contributed by atoms with van der Waals surface area (Å²) in [4.78, 5) is 11.8. The molecule has 180 valence electrons. The van der Waals surface area contributed by atoms with Crippen LogP contribution in [-0.2, 0) is 25.4 Å². The third-order valence-electron chi connectivity index (χ3n) is 4.94. The third-order valence-corrected chi connectivity index (χ3v) is 4.94. The molecule has 2 aliphatic rings. The Morgan fingerprint density at radius 2 is 1.81 bits per heavy atom. The zero-order valence-electron chi connectivity index (χ0n) is 16.7. The molecule has 1 aromatic rings. The molecule has 0 aromatic carbocycles. The third kappa shape index (κ3) is 8.06. The molecule has 0 spiro atoms. The molecular formula is C18H21F6N3O5. The fourth-order valence-corrected chi connectivity index (χ4v) is 3.14. The maximum Gasteiger partial charge on any atom is 0.522 e. The highest BCUT2D eigenvalue weighted by molar-refractivity contribution is 5.78. The van der Waals surface area contributed by atoms with Crippen molar-refractivity contribution < 1.29 is 49.8 Å². The Hall–Kier alpha value is -2.19. The maximum atomic E-state index is 12.1. The molecule has 1 N–H and O–H groups in total. The lowest BCUT2D eigenvalue weighted by Gasteiger charge is -2.34. The standard InChI is InChI=1S/C18H21F6N3O5/c1-9(25-14(28)8-29-11-5-12(6-11)32-18(22,23)24)2-3-15-26-27-16(31-15)13-4-10(13)7-30-17(19,20)21/h10-13H,1-8H2,(H,25,28)/t10-,11?,12?,13+/m0/s1. The minimum Gasteiger partial charge on any atom is -0.425 e. The molecule has 8 nitrogen and oxygen atoms in total. The summed E-state index contributed by atoms with van der Waals surface area (Å²) >= 11 is 0. The first-order chi connectivity index (χ1) is 14.9. The minimum atomic E-state index is -4.69.